The van der Waals surface area contributed by atoms with Crippen molar-refractivity contribution in [2.24, 2.45) is 0 Å². The Morgan fingerprint density at radius 1 is 0.579 bits per heavy atom. The van der Waals surface area contributed by atoms with Gasteiger partial charge in [-0.05, 0) is 92.5 Å². The van der Waals surface area contributed by atoms with Gasteiger partial charge in [-0.2, -0.15) is 0 Å². The van der Waals surface area contributed by atoms with E-state index in [1.165, 1.54) is 44.5 Å². The van der Waals surface area contributed by atoms with Gasteiger partial charge in [-0.25, -0.2) is 0 Å². The highest BCUT2D eigenvalue weighted by atomic mass is 14.1. The van der Waals surface area contributed by atoms with Crippen LogP contribution in [0.15, 0.2) is 24.3 Å². The molecule has 0 heterocycles. The Morgan fingerprint density at radius 2 is 1.21 bits per heavy atom. The highest BCUT2D eigenvalue weighted by Gasteiger charge is 2.07. The van der Waals surface area contributed by atoms with Gasteiger partial charge in [0.15, 0.2) is 0 Å². The van der Waals surface area contributed by atoms with Gasteiger partial charge in [0.25, 0.3) is 0 Å². The van der Waals surface area contributed by atoms with Crippen LogP contribution in [0.25, 0.3) is 0 Å². The summed E-state index contributed by atoms with van der Waals surface area (Å²) in [5.74, 6) is 0. The van der Waals surface area contributed by atoms with Gasteiger partial charge in [0.2, 0.25) is 0 Å². The van der Waals surface area contributed by atoms with Gasteiger partial charge >= 0.3 is 0 Å². The van der Waals surface area contributed by atoms with Gasteiger partial charge in [0.05, 0.1) is 0 Å². The van der Waals surface area contributed by atoms with Crippen molar-refractivity contribution >= 4 is 0 Å². The third-order valence-corrected chi connectivity index (χ3v) is 4.50. The van der Waals surface area contributed by atoms with E-state index in [9.17, 15) is 0 Å². The molecule has 0 unspecified atom stereocenters. The summed E-state index contributed by atoms with van der Waals surface area (Å²) in [5, 5.41) is 0. The summed E-state index contributed by atoms with van der Waals surface area (Å²) >= 11 is 0. The van der Waals surface area contributed by atoms with E-state index in [1.807, 2.05) is 0 Å². The van der Waals surface area contributed by atoms with Crippen LogP contribution in [0.3, 0.4) is 0 Å². The maximum atomic E-state index is 2.35. The first-order valence-electron chi connectivity index (χ1n) is 7.02. The molecule has 0 aliphatic rings. The van der Waals surface area contributed by atoms with Crippen LogP contribution < -0.4 is 0 Å². The maximum Gasteiger partial charge on any atom is -0.00203 e. The lowest BCUT2D eigenvalue weighted by atomic mass is 9.91. The molecule has 0 N–H and O–H groups in total. The normalized spacial score (nSPS) is 10.8. The zero-order valence-corrected chi connectivity index (χ0v) is 13.0. The number of hydrogen-bond acceptors (Lipinski definition) is 0. The molecule has 0 saturated carbocycles. The Hall–Kier alpha value is -1.56. The zero-order valence-electron chi connectivity index (χ0n) is 13.0. The molecular formula is C19H24. The molecule has 0 amide bonds. The van der Waals surface area contributed by atoms with Crippen LogP contribution in [0.1, 0.15) is 44.5 Å². The Balaban J connectivity index is 2.42. The molecule has 0 nitrogen and oxygen atoms in total. The predicted molar refractivity (Wildman–Crippen MR) is 84.1 cm³/mol. The van der Waals surface area contributed by atoms with Gasteiger partial charge in [-0.3, -0.25) is 0 Å². The standard InChI is InChI=1S/C19H24/c1-12-7-8-18(17(6)16(12)5)11-19-10-14(3)13(2)9-15(19)4/h7-10H,11H2,1-6H3. The Kier molecular flexibility index (Phi) is 3.80. The van der Waals surface area contributed by atoms with Crippen molar-refractivity contribution < 1.29 is 0 Å². The fraction of sp³-hybridized carbons (Fsp3) is 0.368. The first-order chi connectivity index (χ1) is 8.90. The molecule has 0 aliphatic heterocycles. The van der Waals surface area contributed by atoms with Crippen LogP contribution in [-0.2, 0) is 6.42 Å². The van der Waals surface area contributed by atoms with Crippen molar-refractivity contribution in [3.8, 4) is 0 Å². The second-order valence-corrected chi connectivity index (χ2v) is 5.83. The fourth-order valence-electron chi connectivity index (χ4n) is 2.62. The van der Waals surface area contributed by atoms with E-state index < -0.39 is 0 Å². The summed E-state index contributed by atoms with van der Waals surface area (Å²) in [5.41, 5.74) is 11.3. The maximum absolute atomic E-state index is 2.35. The lowest BCUT2D eigenvalue weighted by molar-refractivity contribution is 1.09. The molecule has 0 aromatic heterocycles. The molecule has 100 valence electrons. The third-order valence-electron chi connectivity index (χ3n) is 4.50. The van der Waals surface area contributed by atoms with Gasteiger partial charge < -0.3 is 0 Å². The van der Waals surface area contributed by atoms with Gasteiger partial charge in [-0.15, -0.1) is 0 Å². The first kappa shape index (κ1) is 13.9. The summed E-state index contributed by atoms with van der Waals surface area (Å²) in [7, 11) is 0. The second kappa shape index (κ2) is 5.21. The average molecular weight is 252 g/mol. The molecule has 19 heavy (non-hydrogen) atoms. The molecule has 0 spiro atoms. The number of aryl methyl sites for hydroxylation is 4. The van der Waals surface area contributed by atoms with E-state index in [0.29, 0.717) is 0 Å². The minimum atomic E-state index is 1.04. The van der Waals surface area contributed by atoms with Crippen LogP contribution in [-0.4, -0.2) is 0 Å². The second-order valence-electron chi connectivity index (χ2n) is 5.83. The molecule has 0 atom stereocenters. The van der Waals surface area contributed by atoms with E-state index in [4.69, 9.17) is 0 Å². The van der Waals surface area contributed by atoms with Crippen molar-refractivity contribution in [2.75, 3.05) is 0 Å². The summed E-state index contributed by atoms with van der Waals surface area (Å²) in [6.07, 6.45) is 1.04. The topological polar surface area (TPSA) is 0 Å². The number of benzene rings is 2. The summed E-state index contributed by atoms with van der Waals surface area (Å²) in [4.78, 5) is 0. The van der Waals surface area contributed by atoms with E-state index in [0.717, 1.165) is 6.42 Å². The van der Waals surface area contributed by atoms with Crippen LogP contribution in [0.2, 0.25) is 0 Å². The molecule has 0 radical (unpaired) electrons. The van der Waals surface area contributed by atoms with E-state index >= 15 is 0 Å². The molecule has 0 heteroatoms. The predicted octanol–water partition coefficient (Wildman–Crippen LogP) is 5.13. The van der Waals surface area contributed by atoms with Crippen LogP contribution >= 0.6 is 0 Å². The Bertz CT molecular complexity index is 618. The Morgan fingerprint density at radius 3 is 1.89 bits per heavy atom. The van der Waals surface area contributed by atoms with E-state index in [2.05, 4.69) is 65.8 Å². The van der Waals surface area contributed by atoms with Gasteiger partial charge in [-0.1, -0.05) is 24.3 Å². The fourth-order valence-corrected chi connectivity index (χ4v) is 2.62. The Labute approximate surface area is 117 Å². The molecule has 0 bridgehead atoms. The monoisotopic (exact) mass is 252 g/mol. The lowest BCUT2D eigenvalue weighted by Gasteiger charge is -2.14. The third kappa shape index (κ3) is 2.73. The van der Waals surface area contributed by atoms with Crippen molar-refractivity contribution in [3.05, 3.63) is 68.8 Å². The lowest BCUT2D eigenvalue weighted by Crippen LogP contribution is -1.99. The SMILES string of the molecule is Cc1cc(C)c(Cc2ccc(C)c(C)c2C)cc1C. The first-order valence-corrected chi connectivity index (χ1v) is 7.02. The van der Waals surface area contributed by atoms with Crippen molar-refractivity contribution in [1.82, 2.24) is 0 Å². The zero-order chi connectivity index (χ0) is 14.2. The number of hydrogen-bond donors (Lipinski definition) is 0. The smallest absolute Gasteiger partial charge is 0.00203 e. The molecule has 0 fully saturated rings. The highest BCUT2D eigenvalue weighted by molar-refractivity contribution is 5.44. The van der Waals surface area contributed by atoms with E-state index in [1.54, 1.807) is 0 Å². The molecule has 0 aliphatic carbocycles. The van der Waals surface area contributed by atoms with Crippen molar-refractivity contribution in [1.29, 1.82) is 0 Å². The quantitative estimate of drug-likeness (QED) is 0.695. The summed E-state index contributed by atoms with van der Waals surface area (Å²) in [6, 6.07) is 9.18. The molecule has 2 aromatic carbocycles. The highest BCUT2D eigenvalue weighted by Crippen LogP contribution is 2.23. The summed E-state index contributed by atoms with van der Waals surface area (Å²) < 4.78 is 0. The number of rotatable bonds is 2. The minimum absolute atomic E-state index is 1.04. The van der Waals surface area contributed by atoms with Crippen molar-refractivity contribution in [3.63, 3.8) is 0 Å². The van der Waals surface area contributed by atoms with E-state index in [-0.39, 0.29) is 0 Å². The van der Waals surface area contributed by atoms with Crippen molar-refractivity contribution in [2.45, 2.75) is 48.0 Å². The summed E-state index contributed by atoms with van der Waals surface area (Å²) in [6.45, 7) is 13.3. The molecule has 2 aromatic rings. The van der Waals surface area contributed by atoms with Crippen LogP contribution in [0.5, 0.6) is 0 Å². The van der Waals surface area contributed by atoms with Gasteiger partial charge in [0, 0.05) is 0 Å². The molecular weight excluding hydrogens is 228 g/mol. The molecule has 2 rings (SSSR count). The van der Waals surface area contributed by atoms with Gasteiger partial charge in [0.1, 0.15) is 0 Å². The minimum Gasteiger partial charge on any atom is -0.0588 e. The molecule has 0 saturated heterocycles. The van der Waals surface area contributed by atoms with Crippen LogP contribution in [0, 0.1) is 41.5 Å². The average Bonchev–Trinajstić information content (AvgIpc) is 2.36. The van der Waals surface area contributed by atoms with Crippen LogP contribution in [0.4, 0.5) is 0 Å². The largest absolute Gasteiger partial charge is 0.0588 e.